The summed E-state index contributed by atoms with van der Waals surface area (Å²) in [5.41, 5.74) is 1.58. The summed E-state index contributed by atoms with van der Waals surface area (Å²) in [7, 11) is 0. The van der Waals surface area contributed by atoms with Crippen molar-refractivity contribution in [1.29, 1.82) is 0 Å². The van der Waals surface area contributed by atoms with Crippen molar-refractivity contribution in [3.8, 4) is 5.75 Å². The molecule has 0 unspecified atom stereocenters. The third-order valence-electron chi connectivity index (χ3n) is 5.86. The summed E-state index contributed by atoms with van der Waals surface area (Å²) in [4.78, 5) is 27.4. The highest BCUT2D eigenvalue weighted by atomic mass is 35.5. The van der Waals surface area contributed by atoms with Gasteiger partial charge in [0, 0.05) is 48.6 Å². The molecule has 1 atom stereocenters. The predicted molar refractivity (Wildman–Crippen MR) is 131 cm³/mol. The molecule has 7 heteroatoms. The van der Waals surface area contributed by atoms with Crippen LogP contribution in [-0.4, -0.2) is 47.6 Å². The van der Waals surface area contributed by atoms with E-state index in [4.69, 9.17) is 16.3 Å². The summed E-state index contributed by atoms with van der Waals surface area (Å²) in [6, 6.07) is 23.1. The number of carbonyl (C=O) groups excluding carboxylic acids is 2. The molecule has 1 heterocycles. The monoisotopic (exact) mass is 478 g/mol. The predicted octanol–water partition coefficient (Wildman–Crippen LogP) is 4.49. The average Bonchev–Trinajstić information content (AvgIpc) is 2.89. The second-order valence-electron chi connectivity index (χ2n) is 8.28. The summed E-state index contributed by atoms with van der Waals surface area (Å²) in [6.45, 7) is 1.25. The number of hydrogen-bond acceptors (Lipinski definition) is 4. The van der Waals surface area contributed by atoms with Crippen molar-refractivity contribution in [3.63, 3.8) is 0 Å². The van der Waals surface area contributed by atoms with Crippen molar-refractivity contribution in [2.75, 3.05) is 19.6 Å². The molecule has 0 spiro atoms. The first-order chi connectivity index (χ1) is 16.5. The number of nitrogens with zero attached hydrogens (tertiary/aromatic N) is 1. The summed E-state index contributed by atoms with van der Waals surface area (Å²) >= 11 is 5.92. The Morgan fingerprint density at radius 2 is 1.65 bits per heavy atom. The Hall–Kier alpha value is -3.35. The van der Waals surface area contributed by atoms with E-state index in [1.165, 1.54) is 0 Å². The average molecular weight is 479 g/mol. The number of carbonyl (C=O) groups is 2. The van der Waals surface area contributed by atoms with Crippen LogP contribution < -0.4 is 10.1 Å². The van der Waals surface area contributed by atoms with Crippen LogP contribution in [0.15, 0.2) is 78.9 Å². The van der Waals surface area contributed by atoms with Crippen molar-refractivity contribution in [1.82, 2.24) is 10.2 Å². The van der Waals surface area contributed by atoms with Crippen LogP contribution in [0, 0.1) is 0 Å². The van der Waals surface area contributed by atoms with Crippen molar-refractivity contribution < 1.29 is 19.4 Å². The minimum atomic E-state index is -0.800. The number of likely N-dealkylation sites (tertiary alicyclic amines) is 1. The van der Waals surface area contributed by atoms with E-state index in [0.717, 1.165) is 24.2 Å². The first-order valence-electron chi connectivity index (χ1n) is 11.3. The highest BCUT2D eigenvalue weighted by Gasteiger charge is 2.25. The summed E-state index contributed by atoms with van der Waals surface area (Å²) < 4.78 is 6.00. The Labute approximate surface area is 204 Å². The lowest BCUT2D eigenvalue weighted by Gasteiger charge is -2.32. The van der Waals surface area contributed by atoms with E-state index in [2.05, 4.69) is 5.32 Å². The molecule has 3 aromatic carbocycles. The van der Waals surface area contributed by atoms with Gasteiger partial charge in [-0.1, -0.05) is 48.0 Å². The number of piperidine rings is 1. The van der Waals surface area contributed by atoms with E-state index >= 15 is 0 Å². The van der Waals surface area contributed by atoms with E-state index in [1.807, 2.05) is 30.3 Å². The highest BCUT2D eigenvalue weighted by Crippen LogP contribution is 2.22. The van der Waals surface area contributed by atoms with Crippen LogP contribution >= 0.6 is 11.6 Å². The van der Waals surface area contributed by atoms with Crippen LogP contribution in [0.1, 0.15) is 45.2 Å². The zero-order valence-electron chi connectivity index (χ0n) is 18.7. The molecule has 2 N–H and O–H groups in total. The molecule has 3 aromatic rings. The molecule has 0 aliphatic carbocycles. The van der Waals surface area contributed by atoms with Crippen LogP contribution in [0.4, 0.5) is 0 Å². The molecular formula is C27H27ClN2O4. The number of nitrogens with one attached hydrogen (secondary N) is 1. The third-order valence-corrected chi connectivity index (χ3v) is 6.11. The first-order valence-corrected chi connectivity index (χ1v) is 11.7. The number of aliphatic hydroxyl groups excluding tert-OH is 1. The fraction of sp³-hybridized carbons (Fsp3) is 0.259. The molecule has 0 aromatic heterocycles. The minimum absolute atomic E-state index is 0.0402. The van der Waals surface area contributed by atoms with Gasteiger partial charge in [-0.2, -0.15) is 0 Å². The Morgan fingerprint density at radius 1 is 0.971 bits per heavy atom. The molecule has 4 rings (SSSR count). The van der Waals surface area contributed by atoms with Gasteiger partial charge in [-0.3, -0.25) is 9.59 Å². The topological polar surface area (TPSA) is 78.9 Å². The van der Waals surface area contributed by atoms with Gasteiger partial charge in [-0.25, -0.2) is 0 Å². The van der Waals surface area contributed by atoms with Gasteiger partial charge < -0.3 is 20.1 Å². The largest absolute Gasteiger partial charge is 0.490 e. The molecule has 34 heavy (non-hydrogen) atoms. The minimum Gasteiger partial charge on any atom is -0.490 e. The van der Waals surface area contributed by atoms with Crippen LogP contribution in [0.2, 0.25) is 5.02 Å². The fourth-order valence-electron chi connectivity index (χ4n) is 3.94. The van der Waals surface area contributed by atoms with Crippen molar-refractivity contribution >= 4 is 23.4 Å². The Bertz CT molecular complexity index is 1110. The van der Waals surface area contributed by atoms with E-state index in [0.29, 0.717) is 29.2 Å². The Morgan fingerprint density at radius 3 is 2.35 bits per heavy atom. The Kier molecular flexibility index (Phi) is 7.83. The molecular weight excluding hydrogens is 452 g/mol. The second kappa shape index (κ2) is 11.2. The molecule has 0 bridgehead atoms. The molecule has 1 fully saturated rings. The zero-order chi connectivity index (χ0) is 23.9. The molecule has 1 aliphatic rings. The maximum atomic E-state index is 13.0. The molecule has 2 amide bonds. The van der Waals surface area contributed by atoms with Gasteiger partial charge in [0.15, 0.2) is 0 Å². The van der Waals surface area contributed by atoms with E-state index in [-0.39, 0.29) is 24.5 Å². The maximum absolute atomic E-state index is 13.0. The van der Waals surface area contributed by atoms with E-state index in [9.17, 15) is 14.7 Å². The fourth-order valence-corrected chi connectivity index (χ4v) is 4.07. The van der Waals surface area contributed by atoms with Crippen LogP contribution in [0.25, 0.3) is 0 Å². The van der Waals surface area contributed by atoms with Crippen molar-refractivity contribution in [2.24, 2.45) is 0 Å². The van der Waals surface area contributed by atoms with Crippen LogP contribution in [0.5, 0.6) is 5.75 Å². The number of ether oxygens (including phenoxy) is 1. The molecule has 1 aliphatic heterocycles. The van der Waals surface area contributed by atoms with Crippen LogP contribution in [0.3, 0.4) is 0 Å². The number of hydrogen-bond donors (Lipinski definition) is 2. The first kappa shape index (κ1) is 23.8. The van der Waals surface area contributed by atoms with Gasteiger partial charge in [0.1, 0.15) is 11.9 Å². The third kappa shape index (κ3) is 6.16. The maximum Gasteiger partial charge on any atom is 0.253 e. The lowest BCUT2D eigenvalue weighted by atomic mass is 10.0. The molecule has 0 radical (unpaired) electrons. The van der Waals surface area contributed by atoms with Gasteiger partial charge in [0.2, 0.25) is 0 Å². The van der Waals surface area contributed by atoms with Crippen molar-refractivity contribution in [3.05, 3.63) is 101 Å². The van der Waals surface area contributed by atoms with Gasteiger partial charge in [0.05, 0.1) is 6.10 Å². The van der Waals surface area contributed by atoms with Gasteiger partial charge in [0.25, 0.3) is 11.8 Å². The van der Waals surface area contributed by atoms with Gasteiger partial charge in [-0.15, -0.1) is 0 Å². The summed E-state index contributed by atoms with van der Waals surface area (Å²) in [5.74, 6) is 0.328. The lowest BCUT2D eigenvalue weighted by Crippen LogP contribution is -2.41. The smallest absolute Gasteiger partial charge is 0.253 e. The van der Waals surface area contributed by atoms with E-state index < -0.39 is 6.10 Å². The van der Waals surface area contributed by atoms with Crippen molar-refractivity contribution in [2.45, 2.75) is 25.0 Å². The normalized spacial score (nSPS) is 14.9. The van der Waals surface area contributed by atoms with E-state index in [1.54, 1.807) is 53.4 Å². The number of benzene rings is 3. The standard InChI is InChI=1S/C27H27ClN2O4/c28-22-9-11-23(12-10-22)34-24-13-15-30(16-14-24)27(33)21-8-4-7-20(17-21)26(32)29-18-25(31)19-5-2-1-3-6-19/h1-12,17,24-25,31H,13-16,18H2,(H,29,32)/t25-/m1/s1. The Balaban J connectivity index is 1.30. The molecule has 0 saturated carbocycles. The SMILES string of the molecule is O=C(NC[C@@H](O)c1ccccc1)c1cccc(C(=O)N2CCC(Oc3ccc(Cl)cc3)CC2)c1. The molecule has 176 valence electrons. The zero-order valence-corrected chi connectivity index (χ0v) is 19.4. The van der Waals surface area contributed by atoms with Gasteiger partial charge >= 0.3 is 0 Å². The number of amides is 2. The number of halogens is 1. The lowest BCUT2D eigenvalue weighted by molar-refractivity contribution is 0.0595. The summed E-state index contributed by atoms with van der Waals surface area (Å²) in [5, 5.41) is 13.7. The number of rotatable bonds is 7. The quantitative estimate of drug-likeness (QED) is 0.524. The molecule has 1 saturated heterocycles. The highest BCUT2D eigenvalue weighted by molar-refractivity contribution is 6.30. The second-order valence-corrected chi connectivity index (χ2v) is 8.72. The summed E-state index contributed by atoms with van der Waals surface area (Å²) in [6.07, 6.45) is 0.697. The van der Waals surface area contributed by atoms with Gasteiger partial charge in [-0.05, 0) is 48.0 Å². The molecule has 6 nitrogen and oxygen atoms in total. The number of aliphatic hydroxyl groups is 1. The van der Waals surface area contributed by atoms with Crippen LogP contribution in [-0.2, 0) is 0 Å².